The van der Waals surface area contributed by atoms with Gasteiger partial charge in [-0.15, -0.1) is 0 Å². The maximum Gasteiger partial charge on any atom is 0.0236 e. The van der Waals surface area contributed by atoms with E-state index >= 15 is 0 Å². The number of nitrogens with two attached hydrogens (primary N) is 1. The second-order valence-corrected chi connectivity index (χ2v) is 2.11. The molecular weight excluding hydrogens is 102 g/mol. The second kappa shape index (κ2) is 3.02. The third-order valence-electron chi connectivity index (χ3n) is 1.51. The molecule has 1 heterocycles. The number of nitrogens with zero attached hydrogens (tertiary/aromatic N) is 1. The molecule has 3 nitrogen and oxygen atoms in total. The van der Waals surface area contributed by atoms with Crippen LogP contribution in [0.2, 0.25) is 0 Å². The van der Waals surface area contributed by atoms with Crippen LogP contribution < -0.4 is 16.6 Å². The highest BCUT2D eigenvalue weighted by Gasteiger charge is 2.09. The number of hydrogen-bond acceptors (Lipinski definition) is 2. The molecule has 3 heteroatoms. The zero-order chi connectivity index (χ0) is 5.82. The predicted molar refractivity (Wildman–Crippen MR) is 32.2 cm³/mol. The van der Waals surface area contributed by atoms with Crippen molar-refractivity contribution in [2.24, 2.45) is 5.84 Å². The fraction of sp³-hybridized carbons (Fsp3) is 1.00. The van der Waals surface area contributed by atoms with Crippen LogP contribution in [0.25, 0.3) is 0 Å². The van der Waals surface area contributed by atoms with Gasteiger partial charge in [0.15, 0.2) is 0 Å². The van der Waals surface area contributed by atoms with E-state index in [1.54, 1.807) is 0 Å². The summed E-state index contributed by atoms with van der Waals surface area (Å²) in [7, 11) is 0. The Balaban J connectivity index is 2.13. The molecule has 0 atom stereocenters. The van der Waals surface area contributed by atoms with E-state index in [2.05, 4.69) is 10.7 Å². The number of hydrazine groups is 1. The largest absolute Gasteiger partial charge is 0.271 e. The van der Waals surface area contributed by atoms with Crippen LogP contribution in [-0.2, 0) is 0 Å². The summed E-state index contributed by atoms with van der Waals surface area (Å²) in [6, 6.07) is 0.521. The molecule has 3 N–H and O–H groups in total. The van der Waals surface area contributed by atoms with Gasteiger partial charge >= 0.3 is 0 Å². The van der Waals surface area contributed by atoms with Gasteiger partial charge in [-0.05, 0) is 12.8 Å². The summed E-state index contributed by atoms with van der Waals surface area (Å²) in [6.07, 6.45) is 2.22. The normalized spacial score (nSPS) is 23.6. The fourth-order valence-corrected chi connectivity index (χ4v) is 0.917. The summed E-state index contributed by atoms with van der Waals surface area (Å²) in [6.45, 7) is 1.96. The Labute approximate surface area is 49.6 Å². The minimum Gasteiger partial charge on any atom is -0.271 e. The highest BCUT2D eigenvalue weighted by molar-refractivity contribution is 4.70. The van der Waals surface area contributed by atoms with Gasteiger partial charge < -0.3 is 0 Å². The molecule has 0 spiro atoms. The molecule has 1 aliphatic rings. The lowest BCUT2D eigenvalue weighted by Gasteiger charge is -2.19. The van der Waals surface area contributed by atoms with Crippen LogP contribution in [0.5, 0.6) is 0 Å². The lowest BCUT2D eigenvalue weighted by molar-refractivity contribution is 0.389. The van der Waals surface area contributed by atoms with Crippen molar-refractivity contribution in [2.45, 2.75) is 18.9 Å². The molecule has 0 aromatic heterocycles. The van der Waals surface area contributed by atoms with Gasteiger partial charge in [0.25, 0.3) is 0 Å². The first-order valence-electron chi connectivity index (χ1n) is 3.03. The molecule has 0 aromatic rings. The molecule has 1 fully saturated rings. The zero-order valence-electron chi connectivity index (χ0n) is 4.93. The Bertz CT molecular complexity index is 58.7. The highest BCUT2D eigenvalue weighted by Crippen LogP contribution is 2.00. The van der Waals surface area contributed by atoms with E-state index in [0.29, 0.717) is 6.04 Å². The lowest BCUT2D eigenvalue weighted by Crippen LogP contribution is -2.41. The third kappa shape index (κ3) is 1.43. The highest BCUT2D eigenvalue weighted by atomic mass is 15.2. The molecule has 0 aliphatic carbocycles. The SMILES string of the molecule is NNC1CC[N]CC1. The van der Waals surface area contributed by atoms with E-state index in [1.165, 1.54) is 0 Å². The molecular formula is C5H12N3. The first-order valence-corrected chi connectivity index (χ1v) is 3.03. The first-order chi connectivity index (χ1) is 3.93. The van der Waals surface area contributed by atoms with E-state index in [0.717, 1.165) is 25.9 Å². The van der Waals surface area contributed by atoms with E-state index in [9.17, 15) is 0 Å². The Hall–Kier alpha value is -0.120. The Morgan fingerprint density at radius 3 is 2.38 bits per heavy atom. The van der Waals surface area contributed by atoms with Crippen LogP contribution in [0.4, 0.5) is 0 Å². The molecule has 0 aromatic carbocycles. The van der Waals surface area contributed by atoms with E-state index in [4.69, 9.17) is 5.84 Å². The van der Waals surface area contributed by atoms with Crippen LogP contribution >= 0.6 is 0 Å². The zero-order valence-corrected chi connectivity index (χ0v) is 4.93. The number of nitrogens with one attached hydrogen (secondary N) is 1. The average Bonchev–Trinajstić information content (AvgIpc) is 1.90. The quantitative estimate of drug-likeness (QED) is 0.347. The van der Waals surface area contributed by atoms with Crippen molar-refractivity contribution in [3.8, 4) is 0 Å². The van der Waals surface area contributed by atoms with Gasteiger partial charge in [-0.1, -0.05) is 0 Å². The first kappa shape index (κ1) is 6.01. The molecule has 8 heavy (non-hydrogen) atoms. The van der Waals surface area contributed by atoms with Crippen molar-refractivity contribution in [2.75, 3.05) is 13.1 Å². The van der Waals surface area contributed by atoms with Gasteiger partial charge in [0.1, 0.15) is 0 Å². The standard InChI is InChI=1S/C5H12N3/c6-8-5-1-3-7-4-2-5/h5,8H,1-4,6H2. The van der Waals surface area contributed by atoms with Crippen LogP contribution in [0, 0.1) is 0 Å². The maximum atomic E-state index is 5.21. The van der Waals surface area contributed by atoms with Gasteiger partial charge in [-0.2, -0.15) is 0 Å². The number of rotatable bonds is 1. The van der Waals surface area contributed by atoms with Gasteiger partial charge in [0, 0.05) is 19.1 Å². The summed E-state index contributed by atoms with van der Waals surface area (Å²) in [5.74, 6) is 5.21. The molecule has 0 saturated carbocycles. The number of hydrogen-bond donors (Lipinski definition) is 2. The van der Waals surface area contributed by atoms with Crippen molar-refractivity contribution in [1.29, 1.82) is 0 Å². The molecule has 1 aliphatic heterocycles. The van der Waals surface area contributed by atoms with Gasteiger partial charge in [-0.25, -0.2) is 5.32 Å². The predicted octanol–water partition coefficient (Wildman–Crippen LogP) is -0.784. The van der Waals surface area contributed by atoms with Crippen molar-refractivity contribution < 1.29 is 0 Å². The maximum absolute atomic E-state index is 5.21. The van der Waals surface area contributed by atoms with E-state index < -0.39 is 0 Å². The summed E-state index contributed by atoms with van der Waals surface area (Å²) >= 11 is 0. The second-order valence-electron chi connectivity index (χ2n) is 2.11. The van der Waals surface area contributed by atoms with E-state index in [-0.39, 0.29) is 0 Å². The molecule has 1 rings (SSSR count). The molecule has 47 valence electrons. The van der Waals surface area contributed by atoms with Crippen molar-refractivity contribution in [1.82, 2.24) is 10.7 Å². The van der Waals surface area contributed by atoms with Crippen molar-refractivity contribution in [3.05, 3.63) is 0 Å². The third-order valence-corrected chi connectivity index (χ3v) is 1.51. The van der Waals surface area contributed by atoms with Crippen LogP contribution in [0.1, 0.15) is 12.8 Å². The summed E-state index contributed by atoms with van der Waals surface area (Å²) in [5, 5.41) is 4.18. The van der Waals surface area contributed by atoms with Crippen molar-refractivity contribution in [3.63, 3.8) is 0 Å². The minimum absolute atomic E-state index is 0.521. The number of piperidine rings is 1. The summed E-state index contributed by atoms with van der Waals surface area (Å²) in [5.41, 5.74) is 2.74. The van der Waals surface area contributed by atoms with Crippen LogP contribution in [-0.4, -0.2) is 19.1 Å². The topological polar surface area (TPSA) is 52.1 Å². The summed E-state index contributed by atoms with van der Waals surface area (Å²) < 4.78 is 0. The average molecular weight is 114 g/mol. The minimum atomic E-state index is 0.521. The van der Waals surface area contributed by atoms with E-state index in [1.807, 2.05) is 0 Å². The summed E-state index contributed by atoms with van der Waals surface area (Å²) in [4.78, 5) is 0. The van der Waals surface area contributed by atoms with Gasteiger partial charge in [0.2, 0.25) is 0 Å². The van der Waals surface area contributed by atoms with Crippen molar-refractivity contribution >= 4 is 0 Å². The Kier molecular flexibility index (Phi) is 2.27. The lowest BCUT2D eigenvalue weighted by atomic mass is 10.1. The molecule has 0 bridgehead atoms. The molecule has 1 radical (unpaired) electrons. The molecule has 0 unspecified atom stereocenters. The Morgan fingerprint density at radius 1 is 1.38 bits per heavy atom. The fourth-order valence-electron chi connectivity index (χ4n) is 0.917. The smallest absolute Gasteiger partial charge is 0.0236 e. The Morgan fingerprint density at radius 2 is 2.00 bits per heavy atom. The van der Waals surface area contributed by atoms with Gasteiger partial charge in [0.05, 0.1) is 0 Å². The molecule has 0 amide bonds. The van der Waals surface area contributed by atoms with Gasteiger partial charge in [-0.3, -0.25) is 11.3 Å². The molecule has 1 saturated heterocycles. The van der Waals surface area contributed by atoms with Crippen LogP contribution in [0.3, 0.4) is 0 Å². The monoisotopic (exact) mass is 114 g/mol. The van der Waals surface area contributed by atoms with Crippen LogP contribution in [0.15, 0.2) is 0 Å².